The molecule has 0 saturated heterocycles. The van der Waals surface area contributed by atoms with Gasteiger partial charge in [0.15, 0.2) is 0 Å². The summed E-state index contributed by atoms with van der Waals surface area (Å²) in [4.78, 5) is 34.0. The van der Waals surface area contributed by atoms with E-state index in [0.29, 0.717) is 5.69 Å². The standard InChI is InChI=1S/C16H11I2N3O5/c17-8-1-4-10(5-2-8)20-21-11-6-3-9(18)7-12(11)19-14(22)13(15(23)24)16(25)26/h1-7,13H,(H,19,22)(H,23,24)(H,25,26). The van der Waals surface area contributed by atoms with Crippen molar-refractivity contribution < 1.29 is 24.6 Å². The number of carboxylic acid groups (broad SMARTS) is 2. The van der Waals surface area contributed by atoms with Crippen LogP contribution in [-0.2, 0) is 14.4 Å². The molecule has 0 bridgehead atoms. The minimum absolute atomic E-state index is 0.170. The van der Waals surface area contributed by atoms with Crippen LogP contribution < -0.4 is 5.32 Å². The van der Waals surface area contributed by atoms with Crippen LogP contribution in [0.15, 0.2) is 52.7 Å². The lowest BCUT2D eigenvalue weighted by Gasteiger charge is -2.11. The molecule has 3 N–H and O–H groups in total. The van der Waals surface area contributed by atoms with Crippen LogP contribution in [0, 0.1) is 13.1 Å². The van der Waals surface area contributed by atoms with Gasteiger partial charge in [-0.1, -0.05) is 0 Å². The van der Waals surface area contributed by atoms with E-state index in [9.17, 15) is 14.4 Å². The van der Waals surface area contributed by atoms with E-state index in [0.717, 1.165) is 7.14 Å². The summed E-state index contributed by atoms with van der Waals surface area (Å²) in [5.74, 6) is -6.88. The highest BCUT2D eigenvalue weighted by Gasteiger charge is 2.34. The minimum Gasteiger partial charge on any atom is -0.480 e. The van der Waals surface area contributed by atoms with Crippen LogP contribution >= 0.6 is 45.2 Å². The molecule has 134 valence electrons. The molecule has 0 aromatic heterocycles. The molecule has 10 heteroatoms. The van der Waals surface area contributed by atoms with Crippen molar-refractivity contribution in [2.45, 2.75) is 0 Å². The summed E-state index contributed by atoms with van der Waals surface area (Å²) in [6, 6.07) is 12.1. The number of amides is 1. The van der Waals surface area contributed by atoms with Gasteiger partial charge in [-0.15, -0.1) is 5.11 Å². The fourth-order valence-electron chi connectivity index (χ4n) is 1.85. The maximum absolute atomic E-state index is 12.0. The normalized spacial score (nSPS) is 10.9. The highest BCUT2D eigenvalue weighted by atomic mass is 127. The summed E-state index contributed by atoms with van der Waals surface area (Å²) in [6.45, 7) is 0. The summed E-state index contributed by atoms with van der Waals surface area (Å²) in [6.07, 6.45) is 0. The molecule has 26 heavy (non-hydrogen) atoms. The number of nitrogens with one attached hydrogen (secondary N) is 1. The van der Waals surface area contributed by atoms with Crippen molar-refractivity contribution in [1.29, 1.82) is 0 Å². The molecule has 0 unspecified atom stereocenters. The first-order valence-corrected chi connectivity index (χ1v) is 9.17. The number of azo groups is 1. The molecule has 0 fully saturated rings. The third-order valence-corrected chi connectivity index (χ3v) is 4.46. The second kappa shape index (κ2) is 9.02. The molecule has 1 amide bonds. The van der Waals surface area contributed by atoms with E-state index < -0.39 is 23.8 Å². The van der Waals surface area contributed by atoms with Gasteiger partial charge < -0.3 is 15.5 Å². The number of nitrogens with zero attached hydrogens (tertiary/aromatic N) is 2. The number of hydrogen-bond donors (Lipinski definition) is 3. The Hall–Kier alpha value is -2.09. The van der Waals surface area contributed by atoms with Crippen molar-refractivity contribution in [3.05, 3.63) is 49.6 Å². The fraction of sp³-hybridized carbons (Fsp3) is 0.0625. The van der Waals surface area contributed by atoms with Gasteiger partial charge in [0.25, 0.3) is 0 Å². The Morgan fingerprint density at radius 2 is 1.46 bits per heavy atom. The van der Waals surface area contributed by atoms with Crippen molar-refractivity contribution in [3.8, 4) is 0 Å². The van der Waals surface area contributed by atoms with E-state index in [1.165, 1.54) is 0 Å². The van der Waals surface area contributed by atoms with E-state index in [4.69, 9.17) is 10.2 Å². The van der Waals surface area contributed by atoms with Gasteiger partial charge >= 0.3 is 11.9 Å². The molecule has 2 aromatic rings. The van der Waals surface area contributed by atoms with Crippen LogP contribution in [-0.4, -0.2) is 28.1 Å². The lowest BCUT2D eigenvalue weighted by atomic mass is 10.1. The van der Waals surface area contributed by atoms with Gasteiger partial charge in [-0.3, -0.25) is 14.4 Å². The van der Waals surface area contributed by atoms with Crippen LogP contribution in [0.4, 0.5) is 17.1 Å². The van der Waals surface area contributed by atoms with Gasteiger partial charge in [0, 0.05) is 7.14 Å². The summed E-state index contributed by atoms with van der Waals surface area (Å²) in [5, 5.41) is 28.2. The van der Waals surface area contributed by atoms with Crippen LogP contribution in [0.5, 0.6) is 0 Å². The molecule has 8 nitrogen and oxygen atoms in total. The molecule has 0 saturated carbocycles. The van der Waals surface area contributed by atoms with Gasteiger partial charge in [0.1, 0.15) is 5.69 Å². The molecule has 0 radical (unpaired) electrons. The highest BCUT2D eigenvalue weighted by molar-refractivity contribution is 14.1. The second-order valence-electron chi connectivity index (χ2n) is 4.94. The SMILES string of the molecule is O=C(O)C(C(=O)O)C(=O)Nc1cc(I)ccc1N=Nc1ccc(I)cc1. The minimum atomic E-state index is -2.21. The Morgan fingerprint density at radius 3 is 2.04 bits per heavy atom. The van der Waals surface area contributed by atoms with Crippen LogP contribution in [0.1, 0.15) is 0 Å². The lowest BCUT2D eigenvalue weighted by Crippen LogP contribution is -2.35. The molecule has 0 spiro atoms. The van der Waals surface area contributed by atoms with Crippen molar-refractivity contribution in [2.75, 3.05) is 5.32 Å². The number of anilines is 1. The number of benzene rings is 2. The van der Waals surface area contributed by atoms with E-state index in [1.807, 2.05) is 34.7 Å². The Bertz CT molecular complexity index is 870. The third kappa shape index (κ3) is 5.45. The zero-order valence-corrected chi connectivity index (χ0v) is 17.2. The Balaban J connectivity index is 2.29. The Kier molecular flexibility index (Phi) is 7.02. The molecule has 2 rings (SSSR count). The third-order valence-electron chi connectivity index (χ3n) is 3.07. The summed E-state index contributed by atoms with van der Waals surface area (Å²) >= 11 is 4.16. The van der Waals surface area contributed by atoms with Gasteiger partial charge in [-0.05, 0) is 87.6 Å². The molecular weight excluding hydrogens is 568 g/mol. The van der Waals surface area contributed by atoms with E-state index >= 15 is 0 Å². The number of halogens is 2. The lowest BCUT2D eigenvalue weighted by molar-refractivity contribution is -0.157. The average Bonchev–Trinajstić information content (AvgIpc) is 2.55. The smallest absolute Gasteiger partial charge is 0.327 e. The molecule has 2 aromatic carbocycles. The number of carbonyl (C=O) groups excluding carboxylic acids is 1. The molecular formula is C16H11I2N3O5. The van der Waals surface area contributed by atoms with E-state index in [1.54, 1.807) is 30.3 Å². The number of carboxylic acids is 2. The first-order chi connectivity index (χ1) is 12.3. The predicted octanol–water partition coefficient (Wildman–Crippen LogP) is 4.04. The van der Waals surface area contributed by atoms with Crippen molar-refractivity contribution in [1.82, 2.24) is 0 Å². The Morgan fingerprint density at radius 1 is 0.885 bits per heavy atom. The highest BCUT2D eigenvalue weighted by Crippen LogP contribution is 2.29. The maximum Gasteiger partial charge on any atom is 0.327 e. The van der Waals surface area contributed by atoms with Crippen LogP contribution in [0.3, 0.4) is 0 Å². The van der Waals surface area contributed by atoms with Crippen LogP contribution in [0.25, 0.3) is 0 Å². The molecule has 0 aliphatic heterocycles. The monoisotopic (exact) mass is 579 g/mol. The van der Waals surface area contributed by atoms with Gasteiger partial charge in [-0.2, -0.15) is 5.11 Å². The zero-order valence-electron chi connectivity index (χ0n) is 12.9. The maximum atomic E-state index is 12.0. The van der Waals surface area contributed by atoms with Gasteiger partial charge in [-0.25, -0.2) is 0 Å². The number of carbonyl (C=O) groups is 3. The Labute approximate surface area is 175 Å². The molecule has 0 aliphatic carbocycles. The summed E-state index contributed by atoms with van der Waals surface area (Å²) in [5.41, 5.74) is 1.03. The topological polar surface area (TPSA) is 128 Å². The number of hydrogen-bond acceptors (Lipinski definition) is 5. The first kappa shape index (κ1) is 20.2. The summed E-state index contributed by atoms with van der Waals surface area (Å²) < 4.78 is 1.78. The fourth-order valence-corrected chi connectivity index (χ4v) is 2.70. The molecule has 0 aliphatic rings. The van der Waals surface area contributed by atoms with Crippen molar-refractivity contribution in [2.24, 2.45) is 16.1 Å². The van der Waals surface area contributed by atoms with Crippen molar-refractivity contribution in [3.63, 3.8) is 0 Å². The quantitative estimate of drug-likeness (QED) is 0.271. The molecule has 0 atom stereocenters. The van der Waals surface area contributed by atoms with Gasteiger partial charge in [0.2, 0.25) is 11.8 Å². The predicted molar refractivity (Wildman–Crippen MR) is 110 cm³/mol. The van der Waals surface area contributed by atoms with E-state index in [2.05, 4.69) is 38.1 Å². The van der Waals surface area contributed by atoms with E-state index in [-0.39, 0.29) is 11.4 Å². The first-order valence-electron chi connectivity index (χ1n) is 7.01. The van der Waals surface area contributed by atoms with Crippen molar-refractivity contribution >= 4 is 80.1 Å². The summed E-state index contributed by atoms with van der Waals surface area (Å²) in [7, 11) is 0. The zero-order chi connectivity index (χ0) is 19.3. The average molecular weight is 579 g/mol. The van der Waals surface area contributed by atoms with Gasteiger partial charge in [0.05, 0.1) is 11.4 Å². The number of rotatable bonds is 6. The number of aliphatic carboxylic acids is 2. The second-order valence-corrected chi connectivity index (χ2v) is 7.43. The molecule has 0 heterocycles. The van der Waals surface area contributed by atoms with Crippen LogP contribution in [0.2, 0.25) is 0 Å². The largest absolute Gasteiger partial charge is 0.480 e.